The Balaban J connectivity index is 1.77. The average molecular weight is 379 g/mol. The van der Waals surface area contributed by atoms with Gasteiger partial charge in [-0.3, -0.25) is 4.99 Å². The minimum absolute atomic E-state index is 0.742. The fourth-order valence-electron chi connectivity index (χ4n) is 2.37. The molecule has 2 heterocycles. The number of rotatable bonds is 11. The maximum Gasteiger partial charge on any atom is 0.191 e. The number of aromatic nitrogens is 1. The number of furan rings is 1. The maximum absolute atomic E-state index is 5.37. The summed E-state index contributed by atoms with van der Waals surface area (Å²) in [5.74, 6) is 1.81. The van der Waals surface area contributed by atoms with Crippen molar-refractivity contribution in [2.45, 2.75) is 40.0 Å². The lowest BCUT2D eigenvalue weighted by Crippen LogP contribution is -2.39. The van der Waals surface area contributed by atoms with E-state index < -0.39 is 0 Å². The molecule has 0 saturated heterocycles. The Morgan fingerprint density at radius 1 is 1.27 bits per heavy atom. The van der Waals surface area contributed by atoms with Crippen LogP contribution in [-0.2, 0) is 17.6 Å². The van der Waals surface area contributed by atoms with E-state index in [0.29, 0.717) is 0 Å². The number of hydrogen-bond acceptors (Lipinski definition) is 5. The highest BCUT2D eigenvalue weighted by atomic mass is 32.1. The van der Waals surface area contributed by atoms with Gasteiger partial charge in [0.15, 0.2) is 5.96 Å². The zero-order chi connectivity index (χ0) is 18.6. The fourth-order valence-corrected chi connectivity index (χ4v) is 3.30. The first-order chi connectivity index (χ1) is 12.7. The monoisotopic (exact) mass is 378 g/mol. The highest BCUT2D eigenvalue weighted by Gasteiger charge is 2.05. The molecule has 0 spiro atoms. The number of nitrogens with zero attached hydrogens (tertiary/aromatic N) is 2. The Kier molecular flexibility index (Phi) is 9.20. The molecule has 2 N–H and O–H groups in total. The Morgan fingerprint density at radius 2 is 2.08 bits per heavy atom. The van der Waals surface area contributed by atoms with Crippen molar-refractivity contribution in [3.05, 3.63) is 39.7 Å². The molecule has 0 saturated carbocycles. The Bertz CT molecular complexity index is 633. The van der Waals surface area contributed by atoms with Gasteiger partial charge in [0.2, 0.25) is 0 Å². The van der Waals surface area contributed by atoms with Crippen molar-refractivity contribution in [2.24, 2.45) is 4.99 Å². The predicted molar refractivity (Wildman–Crippen MR) is 107 cm³/mol. The summed E-state index contributed by atoms with van der Waals surface area (Å²) in [6.07, 6.45) is 4.35. The molecule has 7 heteroatoms. The molecule has 6 nitrogen and oxygen atoms in total. The molecule has 0 radical (unpaired) electrons. The second-order valence-corrected chi connectivity index (χ2v) is 7.25. The van der Waals surface area contributed by atoms with Gasteiger partial charge in [0.25, 0.3) is 0 Å². The van der Waals surface area contributed by atoms with Crippen molar-refractivity contribution < 1.29 is 9.15 Å². The molecule has 0 bridgehead atoms. The number of aliphatic imine (C=N–C) groups is 1. The van der Waals surface area contributed by atoms with E-state index in [9.17, 15) is 0 Å². The van der Waals surface area contributed by atoms with Crippen molar-refractivity contribution >= 4 is 17.3 Å². The first-order valence-electron chi connectivity index (χ1n) is 9.24. The van der Waals surface area contributed by atoms with Crippen molar-refractivity contribution in [1.29, 1.82) is 0 Å². The Hall–Kier alpha value is -1.86. The van der Waals surface area contributed by atoms with E-state index in [1.54, 1.807) is 17.6 Å². The number of guanidine groups is 1. The SMILES string of the molecule is CCOCCCN=C(NCCc1ccco1)NCCc1nc(C)c(C)s1. The molecule has 2 aromatic rings. The second kappa shape index (κ2) is 11.7. The zero-order valence-corrected chi connectivity index (χ0v) is 16.8. The van der Waals surface area contributed by atoms with Gasteiger partial charge in [-0.2, -0.15) is 0 Å². The van der Waals surface area contributed by atoms with Gasteiger partial charge < -0.3 is 19.8 Å². The number of aryl methyl sites for hydroxylation is 2. The zero-order valence-electron chi connectivity index (χ0n) is 16.0. The molecule has 0 aliphatic rings. The topological polar surface area (TPSA) is 71.7 Å². The van der Waals surface area contributed by atoms with E-state index >= 15 is 0 Å². The van der Waals surface area contributed by atoms with Gasteiger partial charge in [-0.15, -0.1) is 11.3 Å². The molecular weight excluding hydrogens is 348 g/mol. The quantitative estimate of drug-likeness (QED) is 0.357. The number of thiazole rings is 1. The van der Waals surface area contributed by atoms with E-state index in [1.165, 1.54) is 9.88 Å². The highest BCUT2D eigenvalue weighted by Crippen LogP contribution is 2.16. The molecule has 0 atom stereocenters. The van der Waals surface area contributed by atoms with Crippen molar-refractivity contribution in [3.63, 3.8) is 0 Å². The van der Waals surface area contributed by atoms with E-state index in [0.717, 1.165) is 69.5 Å². The van der Waals surface area contributed by atoms with E-state index in [-0.39, 0.29) is 0 Å². The predicted octanol–water partition coefficient (Wildman–Crippen LogP) is 3.10. The van der Waals surface area contributed by atoms with E-state index in [2.05, 4.69) is 34.5 Å². The van der Waals surface area contributed by atoms with Gasteiger partial charge >= 0.3 is 0 Å². The molecule has 0 fully saturated rings. The third-order valence-electron chi connectivity index (χ3n) is 3.87. The van der Waals surface area contributed by atoms with Gasteiger partial charge in [0.05, 0.1) is 17.0 Å². The Morgan fingerprint density at radius 3 is 2.73 bits per heavy atom. The molecule has 0 amide bonds. The fraction of sp³-hybridized carbons (Fsp3) is 0.579. The van der Waals surface area contributed by atoms with Crippen molar-refractivity contribution in [2.75, 3.05) is 32.8 Å². The summed E-state index contributed by atoms with van der Waals surface area (Å²) >= 11 is 1.77. The smallest absolute Gasteiger partial charge is 0.191 e. The summed E-state index contributed by atoms with van der Waals surface area (Å²) in [4.78, 5) is 10.5. The molecule has 26 heavy (non-hydrogen) atoms. The van der Waals surface area contributed by atoms with E-state index in [1.807, 2.05) is 19.1 Å². The molecule has 0 aromatic carbocycles. The molecule has 0 unspecified atom stereocenters. The van der Waals surface area contributed by atoms with Crippen LogP contribution in [0.15, 0.2) is 27.8 Å². The highest BCUT2D eigenvalue weighted by molar-refractivity contribution is 7.11. The van der Waals surface area contributed by atoms with Crippen LogP contribution in [0.3, 0.4) is 0 Å². The Labute approximate surface area is 160 Å². The lowest BCUT2D eigenvalue weighted by Gasteiger charge is -2.12. The summed E-state index contributed by atoms with van der Waals surface area (Å²) in [6, 6.07) is 3.90. The van der Waals surface area contributed by atoms with Crippen molar-refractivity contribution in [1.82, 2.24) is 15.6 Å². The van der Waals surface area contributed by atoms with Crippen LogP contribution >= 0.6 is 11.3 Å². The maximum atomic E-state index is 5.37. The van der Waals surface area contributed by atoms with Crippen LogP contribution in [0.4, 0.5) is 0 Å². The van der Waals surface area contributed by atoms with Gasteiger partial charge in [-0.1, -0.05) is 0 Å². The van der Waals surface area contributed by atoms with Gasteiger partial charge in [-0.05, 0) is 39.3 Å². The van der Waals surface area contributed by atoms with Crippen LogP contribution in [-0.4, -0.2) is 43.8 Å². The molecule has 0 aliphatic heterocycles. The van der Waals surface area contributed by atoms with Crippen LogP contribution in [0, 0.1) is 13.8 Å². The molecule has 2 aromatic heterocycles. The number of hydrogen-bond donors (Lipinski definition) is 2. The van der Waals surface area contributed by atoms with Gasteiger partial charge in [0.1, 0.15) is 5.76 Å². The van der Waals surface area contributed by atoms with Crippen molar-refractivity contribution in [3.8, 4) is 0 Å². The normalized spacial score (nSPS) is 11.7. The van der Waals surface area contributed by atoms with E-state index in [4.69, 9.17) is 9.15 Å². The number of nitrogens with one attached hydrogen (secondary N) is 2. The van der Waals surface area contributed by atoms with Crippen LogP contribution in [0.1, 0.15) is 34.7 Å². The molecule has 0 aliphatic carbocycles. The van der Waals surface area contributed by atoms with Crippen LogP contribution in [0.2, 0.25) is 0 Å². The minimum Gasteiger partial charge on any atom is -0.469 e. The van der Waals surface area contributed by atoms with Crippen LogP contribution < -0.4 is 10.6 Å². The largest absolute Gasteiger partial charge is 0.469 e. The molecule has 2 rings (SSSR count). The standard InChI is InChI=1S/C19H30N4O2S/c1-4-24-13-6-10-20-19(21-11-8-17-7-5-14-25-17)22-12-9-18-23-15(2)16(3)26-18/h5,7,14H,4,6,8-13H2,1-3H3,(H2,20,21,22). The van der Waals surface area contributed by atoms with Gasteiger partial charge in [0, 0.05) is 50.6 Å². The van der Waals surface area contributed by atoms with Crippen LogP contribution in [0.25, 0.3) is 0 Å². The van der Waals surface area contributed by atoms with Crippen LogP contribution in [0.5, 0.6) is 0 Å². The summed E-state index contributed by atoms with van der Waals surface area (Å²) in [7, 11) is 0. The summed E-state index contributed by atoms with van der Waals surface area (Å²) in [5.41, 5.74) is 1.13. The first-order valence-corrected chi connectivity index (χ1v) is 10.1. The molecule has 144 valence electrons. The average Bonchev–Trinajstić information content (AvgIpc) is 3.24. The number of ether oxygens (including phenoxy) is 1. The first kappa shape index (κ1) is 20.5. The summed E-state index contributed by atoms with van der Waals surface area (Å²) in [6.45, 7) is 10.0. The minimum atomic E-state index is 0.742. The third kappa shape index (κ3) is 7.58. The molecular formula is C19H30N4O2S. The summed E-state index contributed by atoms with van der Waals surface area (Å²) < 4.78 is 10.7. The lowest BCUT2D eigenvalue weighted by atomic mass is 10.3. The lowest BCUT2D eigenvalue weighted by molar-refractivity contribution is 0.146. The van der Waals surface area contributed by atoms with Gasteiger partial charge in [-0.25, -0.2) is 4.98 Å². The summed E-state index contributed by atoms with van der Waals surface area (Å²) in [5, 5.41) is 7.94. The second-order valence-electron chi connectivity index (χ2n) is 5.96. The third-order valence-corrected chi connectivity index (χ3v) is 5.00.